The van der Waals surface area contributed by atoms with Gasteiger partial charge in [0.25, 0.3) is 5.91 Å². The summed E-state index contributed by atoms with van der Waals surface area (Å²) in [5.74, 6) is -0.565. The molecule has 0 fully saturated rings. The van der Waals surface area contributed by atoms with Crippen molar-refractivity contribution < 1.29 is 9.18 Å². The molecular weight excluding hydrogens is 311 g/mol. The van der Waals surface area contributed by atoms with Crippen LogP contribution in [-0.4, -0.2) is 15.4 Å². The lowest BCUT2D eigenvalue weighted by molar-refractivity contribution is 0.0728. The van der Waals surface area contributed by atoms with Crippen LogP contribution in [0, 0.1) is 5.82 Å². The molecule has 0 N–H and O–H groups in total. The van der Waals surface area contributed by atoms with Crippen molar-refractivity contribution in [3.8, 4) is 0 Å². The highest BCUT2D eigenvalue weighted by Crippen LogP contribution is 2.18. The van der Waals surface area contributed by atoms with Gasteiger partial charge in [-0.25, -0.2) is 4.39 Å². The van der Waals surface area contributed by atoms with Gasteiger partial charge in [-0.15, -0.1) is 11.3 Å². The summed E-state index contributed by atoms with van der Waals surface area (Å²) in [4.78, 5) is 15.7. The molecule has 0 radical (unpaired) electrons. The third-order valence-corrected chi connectivity index (χ3v) is 4.55. The molecule has 2 heterocycles. The lowest BCUT2D eigenvalue weighted by Crippen LogP contribution is -2.30. The normalized spacial score (nSPS) is 10.7. The number of rotatable bonds is 5. The molecule has 118 valence electrons. The number of hydrogen-bond acceptors (Lipinski definition) is 2. The first-order valence-electron chi connectivity index (χ1n) is 7.31. The molecule has 0 saturated carbocycles. The van der Waals surface area contributed by atoms with Crippen LogP contribution in [0.5, 0.6) is 0 Å². The second-order valence-electron chi connectivity index (χ2n) is 5.36. The molecule has 0 saturated heterocycles. The number of amides is 1. The summed E-state index contributed by atoms with van der Waals surface area (Å²) >= 11 is 1.61. The summed E-state index contributed by atoms with van der Waals surface area (Å²) in [5.41, 5.74) is 1.40. The average Bonchev–Trinajstić information content (AvgIpc) is 3.18. The van der Waals surface area contributed by atoms with Gasteiger partial charge in [0, 0.05) is 29.4 Å². The minimum absolute atomic E-state index is 0.167. The largest absolute Gasteiger partial charge is 0.353 e. The molecule has 0 aliphatic carbocycles. The fraction of sp³-hybridized carbons (Fsp3) is 0.167. The molecule has 1 aromatic carbocycles. The van der Waals surface area contributed by atoms with Crippen LogP contribution in [-0.2, 0) is 20.1 Å². The molecule has 0 aliphatic rings. The van der Waals surface area contributed by atoms with Crippen molar-refractivity contribution in [2.24, 2.45) is 7.05 Å². The second kappa shape index (κ2) is 6.79. The lowest BCUT2D eigenvalue weighted by Gasteiger charge is -2.22. The van der Waals surface area contributed by atoms with Gasteiger partial charge in [0.05, 0.1) is 13.1 Å². The molecule has 2 aromatic heterocycles. The second-order valence-corrected chi connectivity index (χ2v) is 6.39. The molecule has 3 aromatic rings. The van der Waals surface area contributed by atoms with E-state index in [9.17, 15) is 9.18 Å². The maximum Gasteiger partial charge on any atom is 0.254 e. The topological polar surface area (TPSA) is 25.2 Å². The highest BCUT2D eigenvalue weighted by atomic mass is 32.1. The van der Waals surface area contributed by atoms with Crippen molar-refractivity contribution in [3.05, 3.63) is 82.1 Å². The summed E-state index contributed by atoms with van der Waals surface area (Å²) in [6, 6.07) is 13.7. The van der Waals surface area contributed by atoms with E-state index in [1.165, 1.54) is 12.1 Å². The fourth-order valence-corrected chi connectivity index (χ4v) is 3.17. The zero-order valence-electron chi connectivity index (χ0n) is 12.8. The number of benzene rings is 1. The van der Waals surface area contributed by atoms with E-state index in [0.29, 0.717) is 18.7 Å². The van der Waals surface area contributed by atoms with Gasteiger partial charge in [-0.1, -0.05) is 12.1 Å². The molecule has 0 atom stereocenters. The van der Waals surface area contributed by atoms with Gasteiger partial charge in [-0.2, -0.15) is 0 Å². The number of hydrogen-bond donors (Lipinski definition) is 0. The Labute approximate surface area is 138 Å². The highest BCUT2D eigenvalue weighted by molar-refractivity contribution is 7.09. The number of aryl methyl sites for hydroxylation is 1. The van der Waals surface area contributed by atoms with E-state index < -0.39 is 5.82 Å². The standard InChI is InChI=1S/C18H17FN2OS/c1-20-9-3-7-16(20)12-21(13-17-8-4-10-23-17)18(22)14-5-2-6-15(19)11-14/h2-11H,12-13H2,1H3. The van der Waals surface area contributed by atoms with E-state index in [0.717, 1.165) is 10.6 Å². The number of thiophene rings is 1. The predicted octanol–water partition coefficient (Wildman–Crippen LogP) is 4.07. The Balaban J connectivity index is 1.87. The van der Waals surface area contributed by atoms with Crippen molar-refractivity contribution in [2.45, 2.75) is 13.1 Å². The molecule has 0 aliphatic heterocycles. The average molecular weight is 328 g/mol. The number of nitrogens with zero attached hydrogens (tertiary/aromatic N) is 2. The van der Waals surface area contributed by atoms with Crippen LogP contribution in [0.4, 0.5) is 4.39 Å². The highest BCUT2D eigenvalue weighted by Gasteiger charge is 2.18. The summed E-state index contributed by atoms with van der Waals surface area (Å²) in [6.07, 6.45) is 1.95. The first-order chi connectivity index (χ1) is 11.1. The zero-order chi connectivity index (χ0) is 16.2. The minimum atomic E-state index is -0.397. The maximum absolute atomic E-state index is 13.4. The fourth-order valence-electron chi connectivity index (χ4n) is 2.45. The number of halogens is 1. The molecular formula is C18H17FN2OS. The van der Waals surface area contributed by atoms with Gasteiger partial charge in [-0.05, 0) is 41.8 Å². The SMILES string of the molecule is Cn1cccc1CN(Cc1cccs1)C(=O)c1cccc(F)c1. The lowest BCUT2D eigenvalue weighted by atomic mass is 10.2. The Bertz CT molecular complexity index is 795. The Hall–Kier alpha value is -2.40. The van der Waals surface area contributed by atoms with Gasteiger partial charge < -0.3 is 9.47 Å². The molecule has 5 heteroatoms. The number of carbonyl (C=O) groups is 1. The van der Waals surface area contributed by atoms with Crippen molar-refractivity contribution in [3.63, 3.8) is 0 Å². The van der Waals surface area contributed by atoms with Crippen LogP contribution >= 0.6 is 11.3 Å². The molecule has 3 rings (SSSR count). The van der Waals surface area contributed by atoms with Crippen molar-refractivity contribution >= 4 is 17.2 Å². The molecule has 3 nitrogen and oxygen atoms in total. The van der Waals surface area contributed by atoms with E-state index in [-0.39, 0.29) is 5.91 Å². The van der Waals surface area contributed by atoms with Crippen LogP contribution in [0.15, 0.2) is 60.1 Å². The third kappa shape index (κ3) is 3.68. The van der Waals surface area contributed by atoms with Crippen molar-refractivity contribution in [1.29, 1.82) is 0 Å². The van der Waals surface area contributed by atoms with Gasteiger partial charge >= 0.3 is 0 Å². The summed E-state index contributed by atoms with van der Waals surface area (Å²) < 4.78 is 15.4. The predicted molar refractivity (Wildman–Crippen MR) is 89.7 cm³/mol. The van der Waals surface area contributed by atoms with Gasteiger partial charge in [0.15, 0.2) is 0 Å². The smallest absolute Gasteiger partial charge is 0.254 e. The molecule has 0 spiro atoms. The Morgan fingerprint density at radius 1 is 1.17 bits per heavy atom. The van der Waals surface area contributed by atoms with Crippen molar-refractivity contribution in [1.82, 2.24) is 9.47 Å². The van der Waals surface area contributed by atoms with E-state index in [4.69, 9.17) is 0 Å². The van der Waals surface area contributed by atoms with Crippen LogP contribution in [0.1, 0.15) is 20.9 Å². The van der Waals surface area contributed by atoms with E-state index >= 15 is 0 Å². The summed E-state index contributed by atoms with van der Waals surface area (Å²) in [5, 5.41) is 1.99. The summed E-state index contributed by atoms with van der Waals surface area (Å²) in [7, 11) is 1.95. The Kier molecular flexibility index (Phi) is 4.57. The van der Waals surface area contributed by atoms with E-state index in [1.54, 1.807) is 28.4 Å². The van der Waals surface area contributed by atoms with Gasteiger partial charge in [-0.3, -0.25) is 4.79 Å². The van der Waals surface area contributed by atoms with Gasteiger partial charge in [0.2, 0.25) is 0 Å². The van der Waals surface area contributed by atoms with E-state index in [1.807, 2.05) is 47.5 Å². The Morgan fingerprint density at radius 2 is 2.04 bits per heavy atom. The Morgan fingerprint density at radius 3 is 2.70 bits per heavy atom. The number of carbonyl (C=O) groups excluding carboxylic acids is 1. The summed E-state index contributed by atoms with van der Waals surface area (Å²) in [6.45, 7) is 0.995. The molecule has 23 heavy (non-hydrogen) atoms. The van der Waals surface area contributed by atoms with E-state index in [2.05, 4.69) is 0 Å². The third-order valence-electron chi connectivity index (χ3n) is 3.69. The minimum Gasteiger partial charge on any atom is -0.353 e. The molecule has 1 amide bonds. The molecule has 0 bridgehead atoms. The maximum atomic E-state index is 13.4. The van der Waals surface area contributed by atoms with Crippen molar-refractivity contribution in [2.75, 3.05) is 0 Å². The molecule has 0 unspecified atom stereocenters. The van der Waals surface area contributed by atoms with Crippen LogP contribution in [0.2, 0.25) is 0 Å². The number of aromatic nitrogens is 1. The van der Waals surface area contributed by atoms with Gasteiger partial charge in [0.1, 0.15) is 5.82 Å². The van der Waals surface area contributed by atoms with Crippen LogP contribution in [0.3, 0.4) is 0 Å². The van der Waals surface area contributed by atoms with Crippen LogP contribution < -0.4 is 0 Å². The first kappa shape index (κ1) is 15.5. The first-order valence-corrected chi connectivity index (χ1v) is 8.19. The van der Waals surface area contributed by atoms with Crippen LogP contribution in [0.25, 0.3) is 0 Å². The quantitative estimate of drug-likeness (QED) is 0.693. The monoisotopic (exact) mass is 328 g/mol. The zero-order valence-corrected chi connectivity index (χ0v) is 13.6.